The first-order chi connectivity index (χ1) is 10.0. The maximum atomic E-state index is 11.1. The molecule has 0 radical (unpaired) electrons. The highest BCUT2D eigenvalue weighted by molar-refractivity contribution is 5.53. The number of benzene rings is 2. The predicted octanol–water partition coefficient (Wildman–Crippen LogP) is 3.31. The zero-order valence-electron chi connectivity index (χ0n) is 11.2. The van der Waals surface area contributed by atoms with Crippen LogP contribution in [0, 0.1) is 21.4 Å². The number of aliphatic hydroxyl groups is 1. The van der Waals surface area contributed by atoms with Crippen LogP contribution in [-0.2, 0) is 0 Å². The summed E-state index contributed by atoms with van der Waals surface area (Å²) in [7, 11) is 0. The van der Waals surface area contributed by atoms with Gasteiger partial charge in [0, 0.05) is 6.07 Å². The van der Waals surface area contributed by atoms with Gasteiger partial charge in [-0.15, -0.1) is 0 Å². The molecule has 0 spiro atoms. The molecule has 6 heteroatoms. The summed E-state index contributed by atoms with van der Waals surface area (Å²) >= 11 is 0. The highest BCUT2D eigenvalue weighted by atomic mass is 16.6. The van der Waals surface area contributed by atoms with Crippen LogP contribution in [0.15, 0.2) is 42.5 Å². The lowest BCUT2D eigenvalue weighted by molar-refractivity contribution is -0.385. The Morgan fingerprint density at radius 3 is 2.62 bits per heavy atom. The molecule has 0 aliphatic rings. The molecule has 0 aliphatic heterocycles. The van der Waals surface area contributed by atoms with E-state index in [0.717, 1.165) is 0 Å². The van der Waals surface area contributed by atoms with Gasteiger partial charge in [-0.25, -0.2) is 0 Å². The number of hydrogen-bond donors (Lipinski definition) is 1. The average Bonchev–Trinajstić information content (AvgIpc) is 2.47. The predicted molar refractivity (Wildman–Crippen MR) is 75.0 cm³/mol. The summed E-state index contributed by atoms with van der Waals surface area (Å²) < 4.78 is 5.48. The van der Waals surface area contributed by atoms with Gasteiger partial charge in [-0.3, -0.25) is 10.1 Å². The van der Waals surface area contributed by atoms with Crippen LogP contribution in [0.2, 0.25) is 0 Å². The Morgan fingerprint density at radius 2 is 2.00 bits per heavy atom. The summed E-state index contributed by atoms with van der Waals surface area (Å²) in [6.45, 7) is 1.52. The second-order valence-corrected chi connectivity index (χ2v) is 4.37. The Morgan fingerprint density at radius 1 is 1.29 bits per heavy atom. The summed E-state index contributed by atoms with van der Waals surface area (Å²) in [4.78, 5) is 10.5. The van der Waals surface area contributed by atoms with Crippen LogP contribution in [0.25, 0.3) is 0 Å². The molecule has 0 fully saturated rings. The number of hydrogen-bond acceptors (Lipinski definition) is 5. The Bertz CT molecular complexity index is 720. The van der Waals surface area contributed by atoms with Crippen molar-refractivity contribution in [3.63, 3.8) is 0 Å². The van der Waals surface area contributed by atoms with E-state index in [1.165, 1.54) is 19.1 Å². The van der Waals surface area contributed by atoms with Crippen LogP contribution in [-0.4, -0.2) is 10.0 Å². The van der Waals surface area contributed by atoms with Gasteiger partial charge in [0.25, 0.3) is 0 Å². The number of nitro benzene ring substituents is 1. The third kappa shape index (κ3) is 3.16. The van der Waals surface area contributed by atoms with Crippen molar-refractivity contribution in [2.45, 2.75) is 13.0 Å². The van der Waals surface area contributed by atoms with Crippen LogP contribution in [0.5, 0.6) is 11.5 Å². The Balaban J connectivity index is 2.45. The first-order valence-corrected chi connectivity index (χ1v) is 6.16. The number of para-hydroxylation sites is 1. The molecular weight excluding hydrogens is 272 g/mol. The van der Waals surface area contributed by atoms with Crippen LogP contribution in [0.1, 0.15) is 24.2 Å². The van der Waals surface area contributed by atoms with Crippen molar-refractivity contribution in [1.82, 2.24) is 0 Å². The molecular formula is C15H12N2O4. The van der Waals surface area contributed by atoms with E-state index in [4.69, 9.17) is 10.00 Å². The minimum atomic E-state index is -0.816. The van der Waals surface area contributed by atoms with Gasteiger partial charge in [0.05, 0.1) is 16.6 Å². The molecule has 21 heavy (non-hydrogen) atoms. The molecule has 0 bridgehead atoms. The first kappa shape index (κ1) is 14.5. The monoisotopic (exact) mass is 284 g/mol. The van der Waals surface area contributed by atoms with E-state index in [-0.39, 0.29) is 22.7 Å². The maximum absolute atomic E-state index is 11.1. The van der Waals surface area contributed by atoms with Gasteiger partial charge in [0.15, 0.2) is 0 Å². The highest BCUT2D eigenvalue weighted by Gasteiger charge is 2.19. The normalized spacial score (nSPS) is 11.5. The fourth-order valence-corrected chi connectivity index (χ4v) is 1.79. The van der Waals surface area contributed by atoms with Crippen LogP contribution in [0.4, 0.5) is 5.69 Å². The third-order valence-electron chi connectivity index (χ3n) is 2.89. The van der Waals surface area contributed by atoms with Gasteiger partial charge in [0.1, 0.15) is 11.8 Å². The fourth-order valence-electron chi connectivity index (χ4n) is 1.79. The summed E-state index contributed by atoms with van der Waals surface area (Å²) in [5.74, 6) is 0.264. The molecule has 0 heterocycles. The minimum absolute atomic E-state index is 0.0205. The average molecular weight is 284 g/mol. The van der Waals surface area contributed by atoms with E-state index < -0.39 is 11.0 Å². The van der Waals surface area contributed by atoms with Crippen LogP contribution >= 0.6 is 0 Å². The van der Waals surface area contributed by atoms with Gasteiger partial charge in [0.2, 0.25) is 5.75 Å². The van der Waals surface area contributed by atoms with Crippen molar-refractivity contribution in [2.75, 3.05) is 0 Å². The standard InChI is InChI=1S/C15H12N2O4/c1-10(18)11-6-7-15(13(8-11)17(19)20)21-14-5-3-2-4-12(14)9-16/h2-8,10,18H,1H3/t10-/m0/s1. The largest absolute Gasteiger partial charge is 0.449 e. The number of nitrogens with zero attached hydrogens (tertiary/aromatic N) is 2. The zero-order chi connectivity index (χ0) is 15.4. The molecule has 1 N–H and O–H groups in total. The molecule has 2 aromatic carbocycles. The Labute approximate surface area is 121 Å². The van der Waals surface area contributed by atoms with E-state index in [1.807, 2.05) is 6.07 Å². The van der Waals surface area contributed by atoms with Crippen molar-refractivity contribution in [3.8, 4) is 17.6 Å². The van der Waals surface area contributed by atoms with E-state index in [0.29, 0.717) is 5.56 Å². The summed E-state index contributed by atoms with van der Waals surface area (Å²) in [6.07, 6.45) is -0.816. The molecule has 0 saturated heterocycles. The van der Waals surface area contributed by atoms with E-state index in [1.54, 1.807) is 30.3 Å². The van der Waals surface area contributed by atoms with Crippen LogP contribution in [0.3, 0.4) is 0 Å². The highest BCUT2D eigenvalue weighted by Crippen LogP contribution is 2.34. The van der Waals surface area contributed by atoms with Crippen molar-refractivity contribution in [1.29, 1.82) is 5.26 Å². The van der Waals surface area contributed by atoms with Crippen molar-refractivity contribution in [3.05, 3.63) is 63.7 Å². The molecule has 0 amide bonds. The summed E-state index contributed by atoms with van der Waals surface area (Å²) in [5, 5.41) is 29.6. The van der Waals surface area contributed by atoms with Gasteiger partial charge in [-0.05, 0) is 30.7 Å². The maximum Gasteiger partial charge on any atom is 0.311 e. The fraction of sp³-hybridized carbons (Fsp3) is 0.133. The van der Waals surface area contributed by atoms with Crippen molar-refractivity contribution >= 4 is 5.69 Å². The summed E-state index contributed by atoms with van der Waals surface area (Å²) in [6, 6.07) is 12.6. The molecule has 6 nitrogen and oxygen atoms in total. The lowest BCUT2D eigenvalue weighted by Crippen LogP contribution is -1.98. The van der Waals surface area contributed by atoms with Crippen molar-refractivity contribution < 1.29 is 14.8 Å². The Kier molecular flexibility index (Phi) is 4.16. The minimum Gasteiger partial charge on any atom is -0.449 e. The van der Waals surface area contributed by atoms with Gasteiger partial charge >= 0.3 is 5.69 Å². The molecule has 0 aliphatic carbocycles. The second kappa shape index (κ2) is 6.03. The van der Waals surface area contributed by atoms with Crippen molar-refractivity contribution in [2.24, 2.45) is 0 Å². The molecule has 106 valence electrons. The SMILES string of the molecule is C[C@H](O)c1ccc(Oc2ccccc2C#N)c([N+](=O)[O-])c1. The molecule has 2 rings (SSSR count). The lowest BCUT2D eigenvalue weighted by Gasteiger charge is -2.10. The molecule has 2 aromatic rings. The topological polar surface area (TPSA) is 96.4 Å². The van der Waals surface area contributed by atoms with Gasteiger partial charge in [-0.2, -0.15) is 5.26 Å². The number of nitriles is 1. The Hall–Kier alpha value is -2.91. The van der Waals surface area contributed by atoms with E-state index in [2.05, 4.69) is 0 Å². The van der Waals surface area contributed by atoms with E-state index >= 15 is 0 Å². The summed E-state index contributed by atoms with van der Waals surface area (Å²) in [5.41, 5.74) is 0.440. The van der Waals surface area contributed by atoms with E-state index in [9.17, 15) is 15.2 Å². The van der Waals surface area contributed by atoms with Gasteiger partial charge in [-0.1, -0.05) is 18.2 Å². The number of nitro groups is 1. The first-order valence-electron chi connectivity index (χ1n) is 6.16. The molecule has 0 unspecified atom stereocenters. The zero-order valence-corrected chi connectivity index (χ0v) is 11.2. The lowest BCUT2D eigenvalue weighted by atomic mass is 10.1. The van der Waals surface area contributed by atoms with Gasteiger partial charge < -0.3 is 9.84 Å². The second-order valence-electron chi connectivity index (χ2n) is 4.37. The number of ether oxygens (including phenoxy) is 1. The number of aliphatic hydroxyl groups excluding tert-OH is 1. The quantitative estimate of drug-likeness (QED) is 0.686. The third-order valence-corrected chi connectivity index (χ3v) is 2.89. The number of rotatable bonds is 4. The van der Waals surface area contributed by atoms with Crippen LogP contribution < -0.4 is 4.74 Å². The molecule has 0 saturated carbocycles. The molecule has 0 aromatic heterocycles. The smallest absolute Gasteiger partial charge is 0.311 e. The molecule has 1 atom stereocenters.